The lowest BCUT2D eigenvalue weighted by Gasteiger charge is -2.19. The SMILES string of the molecule is CC/C=C\C/C=C\C/C=C\C/C=C\C/C=C\C/C=C\CCCCCCCCCCCCCCCCCCCCC(=O)NC(CO)C(O)/C=C/CC/C=C/CCCCCCCCCCCCCCCCCCCCCCCCCCCCC. The van der Waals surface area contributed by atoms with Gasteiger partial charge in [0.1, 0.15) is 0 Å². The number of amides is 1. The van der Waals surface area contributed by atoms with E-state index in [-0.39, 0.29) is 12.5 Å². The maximum absolute atomic E-state index is 12.6. The van der Waals surface area contributed by atoms with Crippen LogP contribution in [-0.2, 0) is 4.79 Å². The van der Waals surface area contributed by atoms with Gasteiger partial charge in [0, 0.05) is 6.42 Å². The second kappa shape index (κ2) is 72.6. The van der Waals surface area contributed by atoms with E-state index < -0.39 is 12.1 Å². The van der Waals surface area contributed by atoms with Crippen molar-refractivity contribution in [3.05, 3.63) is 97.2 Å². The monoisotopic (exact) mass is 1140 g/mol. The molecule has 0 aromatic heterocycles. The Morgan fingerprint density at radius 1 is 0.305 bits per heavy atom. The van der Waals surface area contributed by atoms with Crippen molar-refractivity contribution in [2.45, 2.75) is 386 Å². The van der Waals surface area contributed by atoms with Crippen molar-refractivity contribution in [2.75, 3.05) is 6.61 Å². The zero-order valence-corrected chi connectivity index (χ0v) is 55.0. The van der Waals surface area contributed by atoms with E-state index in [2.05, 4.69) is 104 Å². The first-order valence-corrected chi connectivity index (χ1v) is 36.5. The molecule has 0 bridgehead atoms. The van der Waals surface area contributed by atoms with E-state index in [0.717, 1.165) is 70.6 Å². The molecular formula is C78H141NO3. The fourth-order valence-electron chi connectivity index (χ4n) is 11.1. The molecule has 0 fully saturated rings. The van der Waals surface area contributed by atoms with Crippen LogP contribution >= 0.6 is 0 Å². The van der Waals surface area contributed by atoms with Gasteiger partial charge >= 0.3 is 0 Å². The highest BCUT2D eigenvalue weighted by Gasteiger charge is 2.18. The molecule has 0 saturated carbocycles. The van der Waals surface area contributed by atoms with Gasteiger partial charge in [0.2, 0.25) is 5.91 Å². The number of nitrogens with one attached hydrogen (secondary N) is 1. The normalized spacial score (nSPS) is 13.3. The average molecular weight is 1140 g/mol. The van der Waals surface area contributed by atoms with Crippen LogP contribution < -0.4 is 5.32 Å². The molecule has 0 rings (SSSR count). The molecule has 0 aliphatic heterocycles. The number of rotatable bonds is 67. The molecule has 82 heavy (non-hydrogen) atoms. The van der Waals surface area contributed by atoms with Crippen LogP contribution in [0.5, 0.6) is 0 Å². The fourth-order valence-corrected chi connectivity index (χ4v) is 11.1. The van der Waals surface area contributed by atoms with E-state index in [0.29, 0.717) is 6.42 Å². The summed E-state index contributed by atoms with van der Waals surface area (Å²) in [4.78, 5) is 12.6. The summed E-state index contributed by atoms with van der Waals surface area (Å²) in [6, 6.07) is -0.645. The van der Waals surface area contributed by atoms with Gasteiger partial charge in [0.05, 0.1) is 18.8 Å². The van der Waals surface area contributed by atoms with Crippen molar-refractivity contribution in [3.63, 3.8) is 0 Å². The molecule has 0 heterocycles. The Morgan fingerprint density at radius 3 is 0.854 bits per heavy atom. The second-order valence-corrected chi connectivity index (χ2v) is 24.6. The molecule has 1 amide bonds. The van der Waals surface area contributed by atoms with Crippen LogP contribution in [0.3, 0.4) is 0 Å². The van der Waals surface area contributed by atoms with Gasteiger partial charge in [0.25, 0.3) is 0 Å². The second-order valence-electron chi connectivity index (χ2n) is 24.6. The first-order valence-electron chi connectivity index (χ1n) is 36.5. The smallest absolute Gasteiger partial charge is 0.220 e. The van der Waals surface area contributed by atoms with E-state index in [9.17, 15) is 15.0 Å². The van der Waals surface area contributed by atoms with E-state index in [1.165, 1.54) is 283 Å². The van der Waals surface area contributed by atoms with Gasteiger partial charge in [-0.05, 0) is 83.5 Å². The minimum Gasteiger partial charge on any atom is -0.394 e. The molecule has 0 aliphatic carbocycles. The van der Waals surface area contributed by atoms with E-state index in [1.807, 2.05) is 6.08 Å². The van der Waals surface area contributed by atoms with Gasteiger partial charge in [-0.3, -0.25) is 4.79 Å². The molecule has 0 radical (unpaired) electrons. The molecule has 0 saturated heterocycles. The molecule has 0 aromatic carbocycles. The van der Waals surface area contributed by atoms with Gasteiger partial charge in [0.15, 0.2) is 0 Å². The van der Waals surface area contributed by atoms with Gasteiger partial charge in [-0.2, -0.15) is 0 Å². The van der Waals surface area contributed by atoms with Crippen LogP contribution in [0.15, 0.2) is 97.2 Å². The largest absolute Gasteiger partial charge is 0.394 e. The summed E-state index contributed by atoms with van der Waals surface area (Å²) in [7, 11) is 0. The summed E-state index contributed by atoms with van der Waals surface area (Å²) in [5, 5.41) is 23.3. The molecule has 4 nitrogen and oxygen atoms in total. The molecular weight excluding hydrogens is 999 g/mol. The van der Waals surface area contributed by atoms with Crippen molar-refractivity contribution < 1.29 is 15.0 Å². The molecule has 476 valence electrons. The van der Waals surface area contributed by atoms with Crippen LogP contribution in [0, 0.1) is 0 Å². The summed E-state index contributed by atoms with van der Waals surface area (Å²) < 4.78 is 0. The lowest BCUT2D eigenvalue weighted by Crippen LogP contribution is -2.45. The van der Waals surface area contributed by atoms with Crippen LogP contribution in [0.25, 0.3) is 0 Å². The van der Waals surface area contributed by atoms with Crippen molar-refractivity contribution in [3.8, 4) is 0 Å². The Morgan fingerprint density at radius 2 is 0.549 bits per heavy atom. The zero-order chi connectivity index (χ0) is 59.1. The summed E-state index contributed by atoms with van der Waals surface area (Å²) in [5.41, 5.74) is 0. The molecule has 2 unspecified atom stereocenters. The van der Waals surface area contributed by atoms with E-state index in [4.69, 9.17) is 0 Å². The molecule has 3 N–H and O–H groups in total. The van der Waals surface area contributed by atoms with E-state index in [1.54, 1.807) is 6.08 Å². The summed E-state index contributed by atoms with van der Waals surface area (Å²) in [6.07, 6.45) is 108. The van der Waals surface area contributed by atoms with Crippen LogP contribution in [0.4, 0.5) is 0 Å². The molecule has 0 aliphatic rings. The zero-order valence-electron chi connectivity index (χ0n) is 55.0. The van der Waals surface area contributed by atoms with Crippen LogP contribution in [-0.4, -0.2) is 34.9 Å². The van der Waals surface area contributed by atoms with Crippen molar-refractivity contribution >= 4 is 5.91 Å². The number of hydrogen-bond donors (Lipinski definition) is 3. The van der Waals surface area contributed by atoms with Gasteiger partial charge < -0.3 is 15.5 Å². The highest BCUT2D eigenvalue weighted by Crippen LogP contribution is 2.19. The van der Waals surface area contributed by atoms with Crippen LogP contribution in [0.1, 0.15) is 373 Å². The van der Waals surface area contributed by atoms with Gasteiger partial charge in [-0.15, -0.1) is 0 Å². The first-order chi connectivity index (χ1) is 40.7. The standard InChI is InChI=1S/C78H141NO3/c1-3-5-7-9-11-13-15-17-19-21-23-25-27-29-31-33-35-37-38-39-40-42-44-46-48-50-52-54-56-58-60-62-64-66-68-70-72-74-78(82)79-76(75-80)77(81)73-71-69-67-65-63-61-59-57-55-53-51-49-47-45-43-41-36-34-32-30-28-26-24-22-20-18-16-14-12-10-8-6-4-2/h5,7,11,13,17,19,23,25,29,31,35,37,63,65,71,73,76-77,80-81H,3-4,6,8-10,12,14-16,18,20-22,24,26-28,30,32-34,36,38-62,64,66-70,72,74-75H2,1-2H3,(H,79,82)/b7-5-,13-11-,19-17-,25-23-,31-29-,37-35-,65-63+,73-71+. The Bertz CT molecular complexity index is 1480. The quantitative estimate of drug-likeness (QED) is 0.0420. The Hall–Kier alpha value is -2.69. The minimum absolute atomic E-state index is 0.0704. The summed E-state index contributed by atoms with van der Waals surface area (Å²) >= 11 is 0. The maximum atomic E-state index is 12.6. The minimum atomic E-state index is -0.868. The van der Waals surface area contributed by atoms with Crippen molar-refractivity contribution in [1.82, 2.24) is 5.32 Å². The van der Waals surface area contributed by atoms with Crippen molar-refractivity contribution in [1.29, 1.82) is 0 Å². The average Bonchev–Trinajstić information content (AvgIpc) is 3.50. The van der Waals surface area contributed by atoms with Gasteiger partial charge in [-0.1, -0.05) is 381 Å². The molecule has 0 aromatic rings. The topological polar surface area (TPSA) is 69.6 Å². The number of unbranched alkanes of at least 4 members (excludes halogenated alkanes) is 46. The number of carbonyl (C=O) groups excluding carboxylic acids is 1. The van der Waals surface area contributed by atoms with Crippen molar-refractivity contribution in [2.24, 2.45) is 0 Å². The van der Waals surface area contributed by atoms with E-state index >= 15 is 0 Å². The third-order valence-electron chi connectivity index (χ3n) is 16.6. The predicted octanol–water partition coefficient (Wildman–Crippen LogP) is 25.2. The Kier molecular flexibility index (Phi) is 70.2. The third-order valence-corrected chi connectivity index (χ3v) is 16.6. The predicted molar refractivity (Wildman–Crippen MR) is 368 cm³/mol. The first kappa shape index (κ1) is 79.3. The van der Waals surface area contributed by atoms with Gasteiger partial charge in [-0.25, -0.2) is 0 Å². The molecule has 0 spiro atoms. The maximum Gasteiger partial charge on any atom is 0.220 e. The lowest BCUT2D eigenvalue weighted by molar-refractivity contribution is -0.123. The number of allylic oxidation sites excluding steroid dienone is 15. The number of aliphatic hydroxyl groups is 2. The number of carbonyl (C=O) groups is 1. The lowest BCUT2D eigenvalue weighted by atomic mass is 10.0. The Balaban J connectivity index is 3.48. The molecule has 2 atom stereocenters. The van der Waals surface area contributed by atoms with Crippen LogP contribution in [0.2, 0.25) is 0 Å². The highest BCUT2D eigenvalue weighted by atomic mass is 16.3. The summed E-state index contributed by atoms with van der Waals surface area (Å²) in [6.45, 7) is 4.22. The number of hydrogen-bond acceptors (Lipinski definition) is 3. The Labute approximate surface area is 513 Å². The molecule has 4 heteroatoms. The highest BCUT2D eigenvalue weighted by molar-refractivity contribution is 5.76. The fraction of sp³-hybridized carbons (Fsp3) is 0.782. The number of aliphatic hydroxyl groups excluding tert-OH is 2. The third kappa shape index (κ3) is 68.1. The summed E-state index contributed by atoms with van der Waals surface area (Å²) in [5.74, 6) is -0.0704.